The monoisotopic (exact) mass is 428 g/mol. The van der Waals surface area contributed by atoms with Crippen molar-refractivity contribution in [2.24, 2.45) is 0 Å². The number of amides is 1. The molecule has 1 amide bonds. The lowest BCUT2D eigenvalue weighted by molar-refractivity contribution is 0.0998. The van der Waals surface area contributed by atoms with Crippen LogP contribution in [0.2, 0.25) is 0 Å². The van der Waals surface area contributed by atoms with Gasteiger partial charge in [-0.25, -0.2) is 9.19 Å². The molecule has 3 aromatic rings. The highest BCUT2D eigenvalue weighted by Gasteiger charge is 2.30. The molecule has 1 aliphatic heterocycles. The smallest absolute Gasteiger partial charge is 0.270 e. The van der Waals surface area contributed by atoms with Crippen molar-refractivity contribution in [1.29, 1.82) is 0 Å². The number of rotatable bonds is 5. The van der Waals surface area contributed by atoms with Crippen molar-refractivity contribution in [2.45, 2.75) is 6.92 Å². The highest BCUT2D eigenvalue weighted by atomic mass is 32.2. The van der Waals surface area contributed by atoms with Crippen LogP contribution in [0.15, 0.2) is 41.9 Å². The molecule has 1 aliphatic rings. The van der Waals surface area contributed by atoms with Crippen molar-refractivity contribution in [3.05, 3.63) is 46.8 Å². The molecule has 2 N–H and O–H groups in total. The van der Waals surface area contributed by atoms with Crippen LogP contribution >= 0.6 is 11.3 Å². The summed E-state index contributed by atoms with van der Waals surface area (Å²) in [6.45, 7) is 1.86. The number of thiophene rings is 1. The third kappa shape index (κ3) is 3.68. The molecule has 0 bridgehead atoms. The number of carbonyl (C=O) groups excluding carboxylic acids is 1. The fourth-order valence-corrected chi connectivity index (χ4v) is 4.41. The fourth-order valence-electron chi connectivity index (χ4n) is 2.97. The molecular formula is C19H20N6O2S2. The Morgan fingerprint density at radius 3 is 2.52 bits per heavy atom. The maximum absolute atomic E-state index is 12.7. The van der Waals surface area contributed by atoms with Crippen LogP contribution in [0.1, 0.15) is 16.6 Å². The van der Waals surface area contributed by atoms with Gasteiger partial charge in [-0.3, -0.25) is 4.79 Å². The zero-order valence-electron chi connectivity index (χ0n) is 16.2. The van der Waals surface area contributed by atoms with Gasteiger partial charge in [0.2, 0.25) is 5.95 Å². The number of nitrogens with zero attached hydrogens (tertiary/aromatic N) is 4. The van der Waals surface area contributed by atoms with Crippen LogP contribution in [-0.4, -0.2) is 39.9 Å². The van der Waals surface area contributed by atoms with E-state index in [4.69, 9.17) is 0 Å². The van der Waals surface area contributed by atoms with E-state index in [9.17, 15) is 9.00 Å². The molecule has 3 heterocycles. The third-order valence-electron chi connectivity index (χ3n) is 4.57. The summed E-state index contributed by atoms with van der Waals surface area (Å²) in [5, 5.41) is 5.08. The Kier molecular flexibility index (Phi) is 5.20. The van der Waals surface area contributed by atoms with Crippen molar-refractivity contribution in [1.82, 2.24) is 9.97 Å². The number of anilines is 6. The second-order valence-corrected chi connectivity index (χ2v) is 8.79. The van der Waals surface area contributed by atoms with Crippen LogP contribution in [0.3, 0.4) is 0 Å². The van der Waals surface area contributed by atoms with E-state index in [1.165, 1.54) is 11.3 Å². The van der Waals surface area contributed by atoms with E-state index in [1.807, 2.05) is 54.6 Å². The zero-order valence-corrected chi connectivity index (χ0v) is 17.8. The number of carbonyl (C=O) groups is 1. The van der Waals surface area contributed by atoms with Gasteiger partial charge in [0.1, 0.15) is 21.6 Å². The second-order valence-electron chi connectivity index (χ2n) is 6.40. The van der Waals surface area contributed by atoms with E-state index < -0.39 is 11.0 Å². The van der Waals surface area contributed by atoms with Crippen LogP contribution in [0.5, 0.6) is 0 Å². The van der Waals surface area contributed by atoms with E-state index in [0.717, 1.165) is 17.1 Å². The molecule has 29 heavy (non-hydrogen) atoms. The van der Waals surface area contributed by atoms with Gasteiger partial charge < -0.3 is 19.8 Å². The first kappa shape index (κ1) is 19.3. The molecule has 0 spiro atoms. The van der Waals surface area contributed by atoms with Gasteiger partial charge in [-0.15, -0.1) is 11.3 Å². The van der Waals surface area contributed by atoms with Gasteiger partial charge in [-0.2, -0.15) is 4.98 Å². The quantitative estimate of drug-likeness (QED) is 0.643. The van der Waals surface area contributed by atoms with Crippen molar-refractivity contribution >= 4 is 62.7 Å². The molecule has 10 heteroatoms. The Labute approximate surface area is 175 Å². The number of hydrogen-bond donors (Lipinski definition) is 2. The molecule has 1 unspecified atom stereocenters. The SMILES string of the molecule is CCS(=O)Nc1ccc(Nc2ncc3c(n2)N(C)c2ccsc2C(=O)N3C)cc1. The molecule has 1 atom stereocenters. The molecule has 4 rings (SSSR count). The summed E-state index contributed by atoms with van der Waals surface area (Å²) in [5.74, 6) is 1.54. The van der Waals surface area contributed by atoms with Crippen LogP contribution in [0, 0.1) is 0 Å². The van der Waals surface area contributed by atoms with Gasteiger partial charge in [0.05, 0.1) is 11.9 Å². The largest absolute Gasteiger partial charge is 0.326 e. The predicted octanol–water partition coefficient (Wildman–Crippen LogP) is 3.74. The maximum Gasteiger partial charge on any atom is 0.270 e. The highest BCUT2D eigenvalue weighted by Crippen LogP contribution is 2.40. The van der Waals surface area contributed by atoms with Gasteiger partial charge in [0, 0.05) is 31.2 Å². The second kappa shape index (κ2) is 7.80. The van der Waals surface area contributed by atoms with Crippen molar-refractivity contribution in [2.75, 3.05) is 39.7 Å². The summed E-state index contributed by atoms with van der Waals surface area (Å²) < 4.78 is 14.5. The molecule has 0 aliphatic carbocycles. The summed E-state index contributed by atoms with van der Waals surface area (Å²) in [6.07, 6.45) is 1.65. The number of hydrogen-bond acceptors (Lipinski definition) is 7. The number of aromatic nitrogens is 2. The van der Waals surface area contributed by atoms with Crippen LogP contribution in [0.25, 0.3) is 0 Å². The van der Waals surface area contributed by atoms with Gasteiger partial charge in [0.25, 0.3) is 5.91 Å². The topological polar surface area (TPSA) is 90.5 Å². The van der Waals surface area contributed by atoms with Crippen molar-refractivity contribution in [3.63, 3.8) is 0 Å². The standard InChI is InChI=1S/C19H20N6O2S2/c1-4-29(27)23-13-7-5-12(6-8-13)21-19-20-11-15-17(22-19)24(2)14-9-10-28-16(14)18(26)25(15)3/h5-11,23H,4H2,1-3H3,(H,20,21,22). The Bertz CT molecular complexity index is 1080. The molecule has 0 radical (unpaired) electrons. The summed E-state index contributed by atoms with van der Waals surface area (Å²) in [7, 11) is 2.54. The van der Waals surface area contributed by atoms with Gasteiger partial charge in [0.15, 0.2) is 5.82 Å². The van der Waals surface area contributed by atoms with Crippen LogP contribution in [-0.2, 0) is 11.0 Å². The number of nitrogens with one attached hydrogen (secondary N) is 2. The minimum atomic E-state index is -1.08. The Hall–Kier alpha value is -2.98. The van der Waals surface area contributed by atoms with Gasteiger partial charge in [-0.05, 0) is 35.7 Å². The van der Waals surface area contributed by atoms with E-state index in [0.29, 0.717) is 28.1 Å². The van der Waals surface area contributed by atoms with E-state index in [-0.39, 0.29) is 5.91 Å². The lowest BCUT2D eigenvalue weighted by Gasteiger charge is -2.20. The first-order valence-electron chi connectivity index (χ1n) is 8.96. The predicted molar refractivity (Wildman–Crippen MR) is 119 cm³/mol. The molecule has 0 saturated heterocycles. The summed E-state index contributed by atoms with van der Waals surface area (Å²) in [6, 6.07) is 9.33. The van der Waals surface area contributed by atoms with Crippen LogP contribution < -0.4 is 19.8 Å². The lowest BCUT2D eigenvalue weighted by Crippen LogP contribution is -2.25. The van der Waals surface area contributed by atoms with E-state index in [1.54, 1.807) is 18.1 Å². The molecule has 1 aromatic carbocycles. The number of fused-ring (bicyclic) bond motifs is 2. The summed E-state index contributed by atoms with van der Waals surface area (Å²) >= 11 is 1.41. The minimum absolute atomic E-state index is 0.0718. The Morgan fingerprint density at radius 2 is 1.79 bits per heavy atom. The molecule has 150 valence electrons. The van der Waals surface area contributed by atoms with Gasteiger partial charge >= 0.3 is 0 Å². The first-order valence-corrected chi connectivity index (χ1v) is 11.2. The zero-order chi connectivity index (χ0) is 20.5. The maximum atomic E-state index is 12.7. The molecule has 2 aromatic heterocycles. The highest BCUT2D eigenvalue weighted by molar-refractivity contribution is 7.86. The fraction of sp³-hybridized carbons (Fsp3) is 0.211. The molecule has 0 fully saturated rings. The van der Waals surface area contributed by atoms with Crippen molar-refractivity contribution < 1.29 is 9.00 Å². The van der Waals surface area contributed by atoms with Gasteiger partial charge in [-0.1, -0.05) is 6.92 Å². The van der Waals surface area contributed by atoms with Crippen LogP contribution in [0.4, 0.5) is 34.5 Å². The minimum Gasteiger partial charge on any atom is -0.326 e. The lowest BCUT2D eigenvalue weighted by atomic mass is 10.3. The number of benzene rings is 1. The molecular weight excluding hydrogens is 408 g/mol. The average molecular weight is 429 g/mol. The van der Waals surface area contributed by atoms with Crippen molar-refractivity contribution in [3.8, 4) is 0 Å². The molecule has 0 saturated carbocycles. The van der Waals surface area contributed by atoms with E-state index >= 15 is 0 Å². The normalized spacial score (nSPS) is 14.1. The Morgan fingerprint density at radius 1 is 1.07 bits per heavy atom. The third-order valence-corrected chi connectivity index (χ3v) is 6.45. The molecule has 8 nitrogen and oxygen atoms in total. The van der Waals surface area contributed by atoms with E-state index in [2.05, 4.69) is 20.0 Å². The Balaban J connectivity index is 1.61. The summed E-state index contributed by atoms with van der Waals surface area (Å²) in [5.41, 5.74) is 3.06. The average Bonchev–Trinajstić information content (AvgIpc) is 3.21. The summed E-state index contributed by atoms with van der Waals surface area (Å²) in [4.78, 5) is 25.9. The first-order chi connectivity index (χ1) is 14.0.